The van der Waals surface area contributed by atoms with Gasteiger partial charge in [-0.1, -0.05) is 18.7 Å². The molecule has 1 unspecified atom stereocenters. The molecule has 0 bridgehead atoms. The minimum absolute atomic E-state index is 0.152. The molecule has 0 aliphatic carbocycles. The van der Waals surface area contributed by atoms with E-state index in [4.69, 9.17) is 4.74 Å². The Labute approximate surface area is 135 Å². The van der Waals surface area contributed by atoms with Gasteiger partial charge in [-0.3, -0.25) is 0 Å². The number of esters is 1. The Morgan fingerprint density at radius 3 is 2.19 bits per heavy atom. The summed E-state index contributed by atoms with van der Waals surface area (Å²) in [6.07, 6.45) is -5.67. The fourth-order valence-electron chi connectivity index (χ4n) is 1.73. The first-order valence-electron chi connectivity index (χ1n) is 6.25. The van der Waals surface area contributed by atoms with Crippen LogP contribution < -0.4 is 0 Å². The summed E-state index contributed by atoms with van der Waals surface area (Å²) in [6, 6.07) is 6.86. The minimum atomic E-state index is -4.31. The number of hydrogen-bond acceptors (Lipinski definition) is 2. The third-order valence-electron chi connectivity index (χ3n) is 3.01. The summed E-state index contributed by atoms with van der Waals surface area (Å²) in [5.41, 5.74) is -0.656. The van der Waals surface area contributed by atoms with Gasteiger partial charge in [0, 0.05) is 15.6 Å². The van der Waals surface area contributed by atoms with Crippen LogP contribution in [-0.4, -0.2) is 12.1 Å². The third-order valence-corrected chi connectivity index (χ3v) is 3.73. The average molecular weight is 412 g/mol. The predicted octanol–water partition coefficient (Wildman–Crippen LogP) is 4.97. The lowest BCUT2D eigenvalue weighted by Crippen LogP contribution is -2.31. The van der Waals surface area contributed by atoms with Gasteiger partial charge in [0.1, 0.15) is 5.60 Å². The summed E-state index contributed by atoms with van der Waals surface area (Å²) in [5.74, 6) is -0.696. The molecule has 1 atom stereocenters. The smallest absolute Gasteiger partial charge is 0.389 e. The Morgan fingerprint density at radius 2 is 1.76 bits per heavy atom. The van der Waals surface area contributed by atoms with E-state index in [9.17, 15) is 18.0 Å². The summed E-state index contributed by atoms with van der Waals surface area (Å²) < 4.78 is 43.7. The van der Waals surface area contributed by atoms with E-state index in [1.54, 1.807) is 24.3 Å². The summed E-state index contributed by atoms with van der Waals surface area (Å²) in [6.45, 7) is 6.40. The molecule has 0 heterocycles. The van der Waals surface area contributed by atoms with Gasteiger partial charge in [0.2, 0.25) is 0 Å². The molecule has 0 N–H and O–H groups in total. The van der Waals surface area contributed by atoms with Crippen LogP contribution in [0.3, 0.4) is 0 Å². The molecule has 1 rings (SSSR count). The van der Waals surface area contributed by atoms with Crippen molar-refractivity contribution in [2.75, 3.05) is 0 Å². The zero-order chi connectivity index (χ0) is 16.3. The number of hydrogen-bond donors (Lipinski definition) is 0. The van der Waals surface area contributed by atoms with Crippen molar-refractivity contribution < 1.29 is 22.7 Å². The highest BCUT2D eigenvalue weighted by molar-refractivity contribution is 14.1. The van der Waals surface area contributed by atoms with Gasteiger partial charge in [-0.15, -0.1) is 0 Å². The van der Waals surface area contributed by atoms with Gasteiger partial charge >= 0.3 is 12.1 Å². The van der Waals surface area contributed by atoms with Gasteiger partial charge in [-0.2, -0.15) is 13.2 Å². The average Bonchev–Trinajstić information content (AvgIpc) is 2.36. The summed E-state index contributed by atoms with van der Waals surface area (Å²) in [4.78, 5) is 11.7. The van der Waals surface area contributed by atoms with Crippen molar-refractivity contribution in [2.45, 2.75) is 38.5 Å². The molecular formula is C15H16F3IO2. The van der Waals surface area contributed by atoms with E-state index in [0.717, 1.165) is 3.57 Å². The van der Waals surface area contributed by atoms with Gasteiger partial charge in [-0.05, 0) is 60.6 Å². The SMILES string of the molecule is C=C(C)C(=O)OC(C)(CCC(F)(F)F)c1ccc(I)cc1. The van der Waals surface area contributed by atoms with Crippen LogP contribution in [0.5, 0.6) is 0 Å². The first-order valence-corrected chi connectivity index (χ1v) is 7.33. The molecule has 0 amide bonds. The first-order chi connectivity index (χ1) is 9.53. The molecule has 0 aliphatic rings. The number of rotatable bonds is 5. The lowest BCUT2D eigenvalue weighted by Gasteiger charge is -2.31. The monoisotopic (exact) mass is 412 g/mol. The molecule has 1 aromatic carbocycles. The van der Waals surface area contributed by atoms with E-state index in [0.29, 0.717) is 5.56 Å². The van der Waals surface area contributed by atoms with E-state index in [2.05, 4.69) is 29.2 Å². The molecule has 21 heavy (non-hydrogen) atoms. The normalized spacial score (nSPS) is 14.4. The van der Waals surface area contributed by atoms with Crippen molar-refractivity contribution in [1.29, 1.82) is 0 Å². The van der Waals surface area contributed by atoms with Crippen LogP contribution in [0.2, 0.25) is 0 Å². The van der Waals surface area contributed by atoms with Gasteiger partial charge in [0.25, 0.3) is 0 Å². The molecule has 0 saturated heterocycles. The highest BCUT2D eigenvalue weighted by Crippen LogP contribution is 2.35. The maximum atomic E-state index is 12.5. The maximum absolute atomic E-state index is 12.5. The van der Waals surface area contributed by atoms with Gasteiger partial charge in [0.15, 0.2) is 0 Å². The van der Waals surface area contributed by atoms with Crippen LogP contribution in [0, 0.1) is 3.57 Å². The number of alkyl halides is 3. The Bertz CT molecular complexity index is 523. The fraction of sp³-hybridized carbons (Fsp3) is 0.400. The molecule has 2 nitrogen and oxygen atoms in total. The second-order valence-electron chi connectivity index (χ2n) is 5.02. The van der Waals surface area contributed by atoms with E-state index in [1.807, 2.05) is 0 Å². The molecule has 0 aromatic heterocycles. The van der Waals surface area contributed by atoms with Crippen molar-refractivity contribution in [2.24, 2.45) is 0 Å². The van der Waals surface area contributed by atoms with Crippen LogP contribution in [0.25, 0.3) is 0 Å². The van der Waals surface area contributed by atoms with Crippen molar-refractivity contribution in [3.63, 3.8) is 0 Å². The Balaban J connectivity index is 3.06. The minimum Gasteiger partial charge on any atom is -0.451 e. The van der Waals surface area contributed by atoms with E-state index < -0.39 is 24.2 Å². The summed E-state index contributed by atoms with van der Waals surface area (Å²) >= 11 is 2.09. The number of benzene rings is 1. The van der Waals surface area contributed by atoms with Gasteiger partial charge in [-0.25, -0.2) is 4.79 Å². The third kappa shape index (κ3) is 5.68. The van der Waals surface area contributed by atoms with Crippen LogP contribution >= 0.6 is 22.6 Å². The molecule has 0 spiro atoms. The number of carbonyl (C=O) groups is 1. The lowest BCUT2D eigenvalue weighted by atomic mass is 9.90. The zero-order valence-corrected chi connectivity index (χ0v) is 13.9. The second kappa shape index (κ2) is 6.81. The predicted molar refractivity (Wildman–Crippen MR) is 82.7 cm³/mol. The molecule has 116 valence electrons. The summed E-state index contributed by atoms with van der Waals surface area (Å²) in [5, 5.41) is 0. The van der Waals surface area contributed by atoms with Crippen molar-refractivity contribution in [1.82, 2.24) is 0 Å². The quantitative estimate of drug-likeness (QED) is 0.388. The molecule has 0 fully saturated rings. The maximum Gasteiger partial charge on any atom is 0.389 e. The fourth-order valence-corrected chi connectivity index (χ4v) is 2.09. The van der Waals surface area contributed by atoms with Crippen LogP contribution in [0.1, 0.15) is 32.3 Å². The molecular weight excluding hydrogens is 396 g/mol. The van der Waals surface area contributed by atoms with Crippen LogP contribution in [-0.2, 0) is 15.1 Å². The van der Waals surface area contributed by atoms with Crippen LogP contribution in [0.4, 0.5) is 13.2 Å². The van der Waals surface area contributed by atoms with Crippen molar-refractivity contribution in [3.8, 4) is 0 Å². The van der Waals surface area contributed by atoms with Gasteiger partial charge < -0.3 is 4.74 Å². The summed E-state index contributed by atoms with van der Waals surface area (Å²) in [7, 11) is 0. The molecule has 6 heteroatoms. The lowest BCUT2D eigenvalue weighted by molar-refractivity contribution is -0.167. The highest BCUT2D eigenvalue weighted by Gasteiger charge is 2.37. The Morgan fingerprint density at radius 1 is 1.24 bits per heavy atom. The number of ether oxygens (including phenoxy) is 1. The largest absolute Gasteiger partial charge is 0.451 e. The number of carbonyl (C=O) groups excluding carboxylic acids is 1. The van der Waals surface area contributed by atoms with E-state index in [-0.39, 0.29) is 12.0 Å². The van der Waals surface area contributed by atoms with E-state index >= 15 is 0 Å². The molecule has 1 aromatic rings. The van der Waals surface area contributed by atoms with Crippen LogP contribution in [0.15, 0.2) is 36.4 Å². The molecule has 0 aliphatic heterocycles. The number of halogens is 4. The first kappa shape index (κ1) is 18.0. The molecule has 0 radical (unpaired) electrons. The van der Waals surface area contributed by atoms with Crippen molar-refractivity contribution >= 4 is 28.6 Å². The highest BCUT2D eigenvalue weighted by atomic mass is 127. The zero-order valence-electron chi connectivity index (χ0n) is 11.8. The topological polar surface area (TPSA) is 26.3 Å². The van der Waals surface area contributed by atoms with Crippen molar-refractivity contribution in [3.05, 3.63) is 45.6 Å². The second-order valence-corrected chi connectivity index (χ2v) is 6.27. The molecule has 0 saturated carbocycles. The van der Waals surface area contributed by atoms with Gasteiger partial charge in [0.05, 0.1) is 0 Å². The standard InChI is InChI=1S/C15H16F3IO2/c1-10(2)13(20)21-14(3,8-9-15(16,17)18)11-4-6-12(19)7-5-11/h4-7H,1,8-9H2,2-3H3. The Kier molecular flexibility index (Phi) is 5.83. The van der Waals surface area contributed by atoms with E-state index in [1.165, 1.54) is 13.8 Å². The Hall–Kier alpha value is -1.05.